The van der Waals surface area contributed by atoms with E-state index in [-0.39, 0.29) is 0 Å². The molecule has 0 amide bonds. The summed E-state index contributed by atoms with van der Waals surface area (Å²) in [4.78, 5) is 8.50. The van der Waals surface area contributed by atoms with E-state index in [9.17, 15) is 0 Å². The van der Waals surface area contributed by atoms with Crippen LogP contribution in [0.25, 0.3) is 86.6 Å². The van der Waals surface area contributed by atoms with Crippen LogP contribution in [0.2, 0.25) is 0 Å². The van der Waals surface area contributed by atoms with Crippen LogP contribution in [0.5, 0.6) is 0 Å². The topological polar surface area (TPSA) is 38.9 Å². The highest BCUT2D eigenvalue weighted by molar-refractivity contribution is 7.26. The number of fused-ring (bicyclic) bond motifs is 6. The summed E-state index contributed by atoms with van der Waals surface area (Å²) in [6, 6.07) is 43.2. The van der Waals surface area contributed by atoms with Crippen LogP contribution in [-0.4, -0.2) is 9.97 Å². The predicted octanol–water partition coefficient (Wildman–Crippen LogP) is 11.4. The molecule has 0 fully saturated rings. The second kappa shape index (κ2) is 10.0. The third-order valence-electron chi connectivity index (χ3n) is 8.49. The molecule has 0 aliphatic carbocycles. The van der Waals surface area contributed by atoms with Crippen molar-refractivity contribution < 1.29 is 4.42 Å². The van der Waals surface area contributed by atoms with E-state index < -0.39 is 0 Å². The SMILES string of the molecule is c1ccc2c(c1)oc1c(-c3cccc4c3sc3c(-c5cc(-c6ccncc6)cc(-c6ccncc6)c5)cccc34)cccc12. The monoisotopic (exact) mass is 580 g/mol. The van der Waals surface area contributed by atoms with E-state index in [1.54, 1.807) is 0 Å². The molecule has 0 spiro atoms. The number of para-hydroxylation sites is 2. The fourth-order valence-corrected chi connectivity index (χ4v) is 7.79. The zero-order chi connectivity index (χ0) is 29.0. The molecule has 3 nitrogen and oxygen atoms in total. The molecule has 9 rings (SSSR count). The molecule has 5 aromatic carbocycles. The van der Waals surface area contributed by atoms with E-state index in [1.165, 1.54) is 36.9 Å². The van der Waals surface area contributed by atoms with Crippen LogP contribution in [-0.2, 0) is 0 Å². The molecular weight excluding hydrogens is 557 g/mol. The van der Waals surface area contributed by atoms with Crippen molar-refractivity contribution in [1.29, 1.82) is 0 Å². The first kappa shape index (κ1) is 25.0. The number of furan rings is 1. The molecule has 0 bridgehead atoms. The fraction of sp³-hybridized carbons (Fsp3) is 0. The Morgan fingerprint density at radius 3 is 1.61 bits per heavy atom. The Balaban J connectivity index is 1.29. The lowest BCUT2D eigenvalue weighted by molar-refractivity contribution is 0.670. The minimum absolute atomic E-state index is 0.917. The number of hydrogen-bond acceptors (Lipinski definition) is 4. The highest BCUT2D eigenvalue weighted by atomic mass is 32.1. The molecule has 4 aromatic heterocycles. The van der Waals surface area contributed by atoms with E-state index in [4.69, 9.17) is 4.42 Å². The average Bonchev–Trinajstić information content (AvgIpc) is 3.68. The van der Waals surface area contributed by atoms with Crippen molar-refractivity contribution in [1.82, 2.24) is 9.97 Å². The van der Waals surface area contributed by atoms with Crippen molar-refractivity contribution in [2.75, 3.05) is 0 Å². The third-order valence-corrected chi connectivity index (χ3v) is 9.78. The molecule has 0 aliphatic rings. The molecular formula is C40H24N2OS. The summed E-state index contributed by atoms with van der Waals surface area (Å²) in [5.41, 5.74) is 11.2. The van der Waals surface area contributed by atoms with Gasteiger partial charge in [0.15, 0.2) is 0 Å². The average molecular weight is 581 g/mol. The minimum Gasteiger partial charge on any atom is -0.455 e. The second-order valence-electron chi connectivity index (χ2n) is 11.0. The van der Waals surface area contributed by atoms with Gasteiger partial charge in [0.2, 0.25) is 0 Å². The number of rotatable bonds is 4. The Kier molecular flexibility index (Phi) is 5.68. The molecule has 0 atom stereocenters. The summed E-state index contributed by atoms with van der Waals surface area (Å²) in [5, 5.41) is 4.82. The number of pyridine rings is 2. The fourth-order valence-electron chi connectivity index (χ4n) is 6.42. The van der Waals surface area contributed by atoms with Crippen molar-refractivity contribution in [3.05, 3.63) is 146 Å². The van der Waals surface area contributed by atoms with Crippen LogP contribution in [0.3, 0.4) is 0 Å². The lowest BCUT2D eigenvalue weighted by atomic mass is 9.93. The van der Waals surface area contributed by atoms with Crippen molar-refractivity contribution >= 4 is 53.4 Å². The van der Waals surface area contributed by atoms with Gasteiger partial charge in [-0.25, -0.2) is 0 Å². The Hall–Kier alpha value is -5.58. The van der Waals surface area contributed by atoms with Crippen molar-refractivity contribution in [3.8, 4) is 44.5 Å². The maximum atomic E-state index is 6.46. The van der Waals surface area contributed by atoms with Gasteiger partial charge in [-0.2, -0.15) is 0 Å². The number of aromatic nitrogens is 2. The van der Waals surface area contributed by atoms with Crippen LogP contribution in [0.15, 0.2) is 151 Å². The maximum Gasteiger partial charge on any atom is 0.143 e. The largest absolute Gasteiger partial charge is 0.455 e. The van der Waals surface area contributed by atoms with Crippen LogP contribution in [0.1, 0.15) is 0 Å². The summed E-state index contributed by atoms with van der Waals surface area (Å²) >= 11 is 1.86. The molecule has 9 aromatic rings. The van der Waals surface area contributed by atoms with Crippen LogP contribution in [0, 0.1) is 0 Å². The molecule has 0 saturated heterocycles. The Labute approximate surface area is 257 Å². The van der Waals surface area contributed by atoms with Crippen LogP contribution >= 0.6 is 11.3 Å². The summed E-state index contributed by atoms with van der Waals surface area (Å²) in [7, 11) is 0. The van der Waals surface area contributed by atoms with E-state index in [0.717, 1.165) is 49.8 Å². The quantitative estimate of drug-likeness (QED) is 0.208. The summed E-state index contributed by atoms with van der Waals surface area (Å²) in [6.45, 7) is 0. The van der Waals surface area contributed by atoms with Crippen molar-refractivity contribution in [3.63, 3.8) is 0 Å². The first-order chi connectivity index (χ1) is 21.8. The van der Waals surface area contributed by atoms with E-state index in [1.807, 2.05) is 48.3 Å². The molecule has 4 heteroatoms. The Bertz CT molecular complexity index is 2440. The van der Waals surface area contributed by atoms with E-state index in [0.29, 0.717) is 0 Å². The molecule has 0 radical (unpaired) electrons. The Morgan fingerprint density at radius 2 is 0.932 bits per heavy atom. The number of hydrogen-bond donors (Lipinski definition) is 0. The molecule has 4 heterocycles. The van der Waals surface area contributed by atoms with Gasteiger partial charge in [0, 0.05) is 66.9 Å². The normalized spacial score (nSPS) is 11.6. The maximum absolute atomic E-state index is 6.46. The summed E-state index contributed by atoms with van der Waals surface area (Å²) in [6.07, 6.45) is 7.41. The van der Waals surface area contributed by atoms with E-state index in [2.05, 4.69) is 119 Å². The minimum atomic E-state index is 0.917. The first-order valence-corrected chi connectivity index (χ1v) is 15.4. The standard InChI is InChI=1S/C40H24N2OS/c1-2-13-37-31(6-1)32-8-4-9-33(38(32)43-37)34-10-5-12-36-35-11-3-7-30(39(35)44-40(34)36)29-23-27(25-14-18-41-19-15-25)22-28(24-29)26-16-20-42-21-17-26/h1-24H. The number of nitrogens with zero attached hydrogens (tertiary/aromatic N) is 2. The molecule has 206 valence electrons. The van der Waals surface area contributed by atoms with Gasteiger partial charge in [0.1, 0.15) is 11.2 Å². The smallest absolute Gasteiger partial charge is 0.143 e. The molecule has 44 heavy (non-hydrogen) atoms. The highest BCUT2D eigenvalue weighted by Gasteiger charge is 2.18. The summed E-state index contributed by atoms with van der Waals surface area (Å²) < 4.78 is 9.00. The van der Waals surface area contributed by atoms with Crippen LogP contribution < -0.4 is 0 Å². The van der Waals surface area contributed by atoms with E-state index >= 15 is 0 Å². The lowest BCUT2D eigenvalue weighted by Gasteiger charge is -2.12. The summed E-state index contributed by atoms with van der Waals surface area (Å²) in [5.74, 6) is 0. The molecule has 0 aliphatic heterocycles. The zero-order valence-corrected chi connectivity index (χ0v) is 24.4. The van der Waals surface area contributed by atoms with Gasteiger partial charge in [0.05, 0.1) is 0 Å². The highest BCUT2D eigenvalue weighted by Crippen LogP contribution is 2.46. The first-order valence-electron chi connectivity index (χ1n) is 14.6. The van der Waals surface area contributed by atoms with Crippen molar-refractivity contribution in [2.45, 2.75) is 0 Å². The number of benzene rings is 5. The molecule has 0 N–H and O–H groups in total. The van der Waals surface area contributed by atoms with Gasteiger partial charge in [0.25, 0.3) is 0 Å². The van der Waals surface area contributed by atoms with Gasteiger partial charge in [-0.1, -0.05) is 72.8 Å². The second-order valence-corrected chi connectivity index (χ2v) is 12.0. The molecule has 0 saturated carbocycles. The lowest BCUT2D eigenvalue weighted by Crippen LogP contribution is -1.87. The van der Waals surface area contributed by atoms with Gasteiger partial charge in [-0.3, -0.25) is 9.97 Å². The van der Waals surface area contributed by atoms with Gasteiger partial charge < -0.3 is 4.42 Å². The molecule has 0 unspecified atom stereocenters. The van der Waals surface area contributed by atoms with Crippen LogP contribution in [0.4, 0.5) is 0 Å². The third kappa shape index (κ3) is 3.96. The van der Waals surface area contributed by atoms with Crippen molar-refractivity contribution in [2.24, 2.45) is 0 Å². The van der Waals surface area contributed by atoms with Gasteiger partial charge in [-0.15, -0.1) is 11.3 Å². The van der Waals surface area contributed by atoms with Gasteiger partial charge in [-0.05, 0) is 81.9 Å². The van der Waals surface area contributed by atoms with Gasteiger partial charge >= 0.3 is 0 Å². The predicted molar refractivity (Wildman–Crippen MR) is 184 cm³/mol. The zero-order valence-electron chi connectivity index (χ0n) is 23.6. The number of thiophene rings is 1. The Morgan fingerprint density at radius 1 is 0.409 bits per heavy atom.